The van der Waals surface area contributed by atoms with E-state index in [1.807, 2.05) is 86.6 Å². The summed E-state index contributed by atoms with van der Waals surface area (Å²) in [6, 6.07) is 25.6. The summed E-state index contributed by atoms with van der Waals surface area (Å²) in [6.07, 6.45) is 0.555. The van der Waals surface area contributed by atoms with Crippen LogP contribution in [-0.2, 0) is 11.2 Å². The SMILES string of the molecule is Cc1cc(C)cc(NC(=O)C(Sc2nnc(Cc3ccccc3)o2)c2ccccc2)c1. The van der Waals surface area contributed by atoms with E-state index in [-0.39, 0.29) is 5.91 Å². The van der Waals surface area contributed by atoms with Crippen molar-refractivity contribution in [3.63, 3.8) is 0 Å². The molecule has 0 bridgehead atoms. The summed E-state index contributed by atoms with van der Waals surface area (Å²) in [7, 11) is 0. The highest BCUT2D eigenvalue weighted by molar-refractivity contribution is 8.00. The molecule has 0 spiro atoms. The van der Waals surface area contributed by atoms with E-state index in [1.54, 1.807) is 0 Å². The van der Waals surface area contributed by atoms with Gasteiger partial charge in [0, 0.05) is 5.69 Å². The molecule has 1 N–H and O–H groups in total. The van der Waals surface area contributed by atoms with E-state index in [9.17, 15) is 4.79 Å². The molecule has 0 aliphatic rings. The number of anilines is 1. The highest BCUT2D eigenvalue weighted by Crippen LogP contribution is 2.35. The second kappa shape index (κ2) is 9.62. The standard InChI is InChI=1S/C25H23N3O2S/c1-17-13-18(2)15-21(14-17)26-24(29)23(20-11-7-4-8-12-20)31-25-28-27-22(30-25)16-19-9-5-3-6-10-19/h3-15,23H,16H2,1-2H3,(H,26,29). The molecule has 4 aromatic rings. The fourth-order valence-electron chi connectivity index (χ4n) is 3.38. The third-order valence-corrected chi connectivity index (χ3v) is 5.78. The molecule has 0 fully saturated rings. The number of carbonyl (C=O) groups is 1. The van der Waals surface area contributed by atoms with E-state index in [0.717, 1.165) is 27.9 Å². The monoisotopic (exact) mass is 429 g/mol. The number of amides is 1. The maximum Gasteiger partial charge on any atom is 0.277 e. The molecular weight excluding hydrogens is 406 g/mol. The fraction of sp³-hybridized carbons (Fsp3) is 0.160. The highest BCUT2D eigenvalue weighted by atomic mass is 32.2. The second-order valence-electron chi connectivity index (χ2n) is 7.40. The molecule has 1 aromatic heterocycles. The predicted molar refractivity (Wildman–Crippen MR) is 123 cm³/mol. The van der Waals surface area contributed by atoms with Crippen molar-refractivity contribution in [2.75, 3.05) is 5.32 Å². The molecule has 0 saturated heterocycles. The Hall–Kier alpha value is -3.38. The van der Waals surface area contributed by atoms with Crippen molar-refractivity contribution in [2.24, 2.45) is 0 Å². The van der Waals surface area contributed by atoms with Gasteiger partial charge in [0.05, 0.1) is 6.42 Å². The van der Waals surface area contributed by atoms with Crippen LogP contribution in [0.25, 0.3) is 0 Å². The summed E-state index contributed by atoms with van der Waals surface area (Å²) in [4.78, 5) is 13.2. The lowest BCUT2D eigenvalue weighted by Crippen LogP contribution is -2.19. The zero-order valence-electron chi connectivity index (χ0n) is 17.4. The normalized spacial score (nSPS) is 11.8. The average molecular weight is 430 g/mol. The van der Waals surface area contributed by atoms with Gasteiger partial charge in [-0.25, -0.2) is 0 Å². The predicted octanol–water partition coefficient (Wildman–Crippen LogP) is 5.75. The van der Waals surface area contributed by atoms with Gasteiger partial charge in [0.15, 0.2) is 0 Å². The minimum atomic E-state index is -0.521. The molecule has 5 nitrogen and oxygen atoms in total. The molecule has 6 heteroatoms. The van der Waals surface area contributed by atoms with Gasteiger partial charge in [0.25, 0.3) is 5.22 Å². The molecular formula is C25H23N3O2S. The molecule has 0 radical (unpaired) electrons. The van der Waals surface area contributed by atoms with E-state index in [4.69, 9.17) is 4.42 Å². The number of rotatable bonds is 7. The summed E-state index contributed by atoms with van der Waals surface area (Å²) in [6.45, 7) is 4.03. The molecule has 1 atom stereocenters. The number of aromatic nitrogens is 2. The summed E-state index contributed by atoms with van der Waals surface area (Å²) in [5.74, 6) is 0.388. The number of nitrogens with one attached hydrogen (secondary N) is 1. The van der Waals surface area contributed by atoms with Crippen molar-refractivity contribution in [2.45, 2.75) is 30.7 Å². The fourth-order valence-corrected chi connectivity index (χ4v) is 4.28. The van der Waals surface area contributed by atoms with Gasteiger partial charge >= 0.3 is 0 Å². The highest BCUT2D eigenvalue weighted by Gasteiger charge is 2.25. The van der Waals surface area contributed by atoms with Crippen LogP contribution in [0.1, 0.15) is 33.4 Å². The van der Waals surface area contributed by atoms with Crippen LogP contribution >= 0.6 is 11.8 Å². The van der Waals surface area contributed by atoms with E-state index >= 15 is 0 Å². The average Bonchev–Trinajstić information content (AvgIpc) is 3.19. The smallest absolute Gasteiger partial charge is 0.277 e. The molecule has 0 aliphatic carbocycles. The molecule has 1 heterocycles. The molecule has 3 aromatic carbocycles. The summed E-state index contributed by atoms with van der Waals surface area (Å²) >= 11 is 1.26. The van der Waals surface area contributed by atoms with Gasteiger partial charge in [-0.3, -0.25) is 4.79 Å². The van der Waals surface area contributed by atoms with Crippen LogP contribution in [-0.4, -0.2) is 16.1 Å². The molecule has 156 valence electrons. The number of nitrogens with zero attached hydrogens (tertiary/aromatic N) is 2. The summed E-state index contributed by atoms with van der Waals surface area (Å²) < 4.78 is 5.84. The van der Waals surface area contributed by atoms with Gasteiger partial charge in [0.2, 0.25) is 11.8 Å². The minimum Gasteiger partial charge on any atom is -0.416 e. The Kier molecular flexibility index (Phi) is 6.48. The van der Waals surface area contributed by atoms with Gasteiger partial charge < -0.3 is 9.73 Å². The minimum absolute atomic E-state index is 0.135. The molecule has 0 saturated carbocycles. The van der Waals surface area contributed by atoms with Crippen molar-refractivity contribution >= 4 is 23.4 Å². The van der Waals surface area contributed by atoms with E-state index in [2.05, 4.69) is 21.6 Å². The van der Waals surface area contributed by atoms with Crippen LogP contribution < -0.4 is 5.32 Å². The molecule has 4 rings (SSSR count). The maximum atomic E-state index is 13.2. The van der Waals surface area contributed by atoms with Gasteiger partial charge in [-0.05, 0) is 60.0 Å². The lowest BCUT2D eigenvalue weighted by Gasteiger charge is -2.16. The first-order chi connectivity index (χ1) is 15.1. The summed E-state index contributed by atoms with van der Waals surface area (Å²) in [5, 5.41) is 11.2. The first-order valence-electron chi connectivity index (χ1n) is 10.0. The van der Waals surface area contributed by atoms with E-state index < -0.39 is 5.25 Å². The van der Waals surface area contributed by atoms with Gasteiger partial charge in [-0.1, -0.05) is 66.7 Å². The van der Waals surface area contributed by atoms with E-state index in [0.29, 0.717) is 17.5 Å². The molecule has 31 heavy (non-hydrogen) atoms. The lowest BCUT2D eigenvalue weighted by molar-refractivity contribution is -0.115. The lowest BCUT2D eigenvalue weighted by atomic mass is 10.1. The number of benzene rings is 3. The number of hydrogen-bond acceptors (Lipinski definition) is 5. The third-order valence-electron chi connectivity index (χ3n) is 4.69. The Morgan fingerprint density at radius 1 is 0.935 bits per heavy atom. The van der Waals surface area contributed by atoms with Crippen LogP contribution in [0.5, 0.6) is 0 Å². The molecule has 1 amide bonds. The Morgan fingerprint density at radius 3 is 2.26 bits per heavy atom. The van der Waals surface area contributed by atoms with Gasteiger partial charge in [0.1, 0.15) is 5.25 Å². The number of aryl methyl sites for hydroxylation is 2. The third kappa shape index (κ3) is 5.61. The number of hydrogen-bond donors (Lipinski definition) is 1. The van der Waals surface area contributed by atoms with Crippen molar-refractivity contribution in [1.29, 1.82) is 0 Å². The van der Waals surface area contributed by atoms with Crippen LogP contribution in [0.2, 0.25) is 0 Å². The Balaban J connectivity index is 1.54. The first-order valence-corrected chi connectivity index (χ1v) is 10.9. The maximum absolute atomic E-state index is 13.2. The molecule has 0 aliphatic heterocycles. The number of carbonyl (C=O) groups excluding carboxylic acids is 1. The van der Waals surface area contributed by atoms with Crippen LogP contribution in [0.3, 0.4) is 0 Å². The molecule has 1 unspecified atom stereocenters. The zero-order valence-corrected chi connectivity index (χ0v) is 18.2. The van der Waals surface area contributed by atoms with Crippen LogP contribution in [0.15, 0.2) is 88.5 Å². The Labute approximate surface area is 185 Å². The quantitative estimate of drug-likeness (QED) is 0.379. The Morgan fingerprint density at radius 2 is 1.58 bits per heavy atom. The number of thioether (sulfide) groups is 1. The van der Waals surface area contributed by atoms with Crippen molar-refractivity contribution < 1.29 is 9.21 Å². The largest absolute Gasteiger partial charge is 0.416 e. The van der Waals surface area contributed by atoms with Gasteiger partial charge in [-0.2, -0.15) is 0 Å². The summed E-state index contributed by atoms with van der Waals surface area (Å²) in [5.41, 5.74) is 4.94. The van der Waals surface area contributed by atoms with Crippen molar-refractivity contribution in [3.8, 4) is 0 Å². The van der Waals surface area contributed by atoms with E-state index in [1.165, 1.54) is 11.8 Å². The van der Waals surface area contributed by atoms with Crippen LogP contribution in [0, 0.1) is 13.8 Å². The Bertz CT molecular complexity index is 1140. The second-order valence-corrected chi connectivity index (χ2v) is 8.45. The van der Waals surface area contributed by atoms with Crippen LogP contribution in [0.4, 0.5) is 5.69 Å². The van der Waals surface area contributed by atoms with Crippen molar-refractivity contribution in [1.82, 2.24) is 10.2 Å². The zero-order chi connectivity index (χ0) is 21.6. The first kappa shape index (κ1) is 20.9. The topological polar surface area (TPSA) is 68.0 Å². The van der Waals surface area contributed by atoms with Gasteiger partial charge in [-0.15, -0.1) is 10.2 Å². The van der Waals surface area contributed by atoms with Crippen molar-refractivity contribution in [3.05, 3.63) is 107 Å².